The molecule has 19 heavy (non-hydrogen) atoms. The molecule has 1 aromatic rings. The van der Waals surface area contributed by atoms with Crippen molar-refractivity contribution in [1.82, 2.24) is 5.32 Å². The van der Waals surface area contributed by atoms with E-state index in [2.05, 4.69) is 11.4 Å². The molecular weight excluding hydrogens is 256 g/mol. The van der Waals surface area contributed by atoms with E-state index in [-0.39, 0.29) is 11.4 Å². The zero-order valence-corrected chi connectivity index (χ0v) is 12.6. The smallest absolute Gasteiger partial charge is 0.132 e. The van der Waals surface area contributed by atoms with Crippen molar-refractivity contribution in [3.8, 4) is 6.07 Å². The largest absolute Gasteiger partial charge is 0.392 e. The molecule has 0 heterocycles. The average Bonchev–Trinajstić information content (AvgIpc) is 2.44. The Morgan fingerprint density at radius 1 is 1.37 bits per heavy atom. The molecule has 2 N–H and O–H groups in total. The molecule has 104 valence electrons. The first-order chi connectivity index (χ1) is 9.05. The lowest BCUT2D eigenvalue weighted by Crippen LogP contribution is -2.39. The maximum atomic E-state index is 9.53. The van der Waals surface area contributed by atoms with Gasteiger partial charge in [-0.25, -0.2) is 0 Å². The van der Waals surface area contributed by atoms with Crippen molar-refractivity contribution < 1.29 is 5.11 Å². The van der Waals surface area contributed by atoms with Gasteiger partial charge in [0.25, 0.3) is 0 Å². The Labute approximate surface area is 120 Å². The van der Waals surface area contributed by atoms with Gasteiger partial charge in [-0.3, -0.25) is 5.32 Å². The van der Waals surface area contributed by atoms with Gasteiger partial charge in [0.1, 0.15) is 5.54 Å². The van der Waals surface area contributed by atoms with Gasteiger partial charge in [0.05, 0.1) is 12.2 Å². The van der Waals surface area contributed by atoms with Crippen molar-refractivity contribution in [1.29, 1.82) is 5.26 Å². The van der Waals surface area contributed by atoms with Crippen LogP contribution in [0.3, 0.4) is 0 Å². The summed E-state index contributed by atoms with van der Waals surface area (Å²) in [5.41, 5.74) is 0.345. The van der Waals surface area contributed by atoms with E-state index in [0.717, 1.165) is 11.3 Å². The molecule has 4 heteroatoms. The Balaban J connectivity index is 2.72. The summed E-state index contributed by atoms with van der Waals surface area (Å²) in [6.45, 7) is 3.80. The lowest BCUT2D eigenvalue weighted by atomic mass is 9.89. The normalized spacial score (nSPS) is 17.2. The molecule has 0 saturated heterocycles. The molecule has 0 amide bonds. The van der Waals surface area contributed by atoms with Crippen molar-refractivity contribution in [2.24, 2.45) is 0 Å². The van der Waals surface area contributed by atoms with Crippen molar-refractivity contribution in [2.75, 3.05) is 12.8 Å². The predicted molar refractivity (Wildman–Crippen MR) is 81.0 cm³/mol. The first-order valence-corrected chi connectivity index (χ1v) is 7.56. The quantitative estimate of drug-likeness (QED) is 0.804. The van der Waals surface area contributed by atoms with Gasteiger partial charge < -0.3 is 5.11 Å². The fraction of sp³-hybridized carbons (Fsp3) is 0.533. The minimum absolute atomic E-state index is 0.184. The van der Waals surface area contributed by atoms with E-state index in [1.165, 1.54) is 0 Å². The lowest BCUT2D eigenvalue weighted by Gasteiger charge is -2.27. The van der Waals surface area contributed by atoms with Gasteiger partial charge in [0.15, 0.2) is 0 Å². The highest BCUT2D eigenvalue weighted by atomic mass is 32.2. The van der Waals surface area contributed by atoms with Crippen molar-refractivity contribution in [3.05, 3.63) is 35.9 Å². The molecule has 0 aliphatic carbocycles. The minimum atomic E-state index is -0.646. The van der Waals surface area contributed by atoms with Gasteiger partial charge in [0, 0.05) is 5.25 Å². The summed E-state index contributed by atoms with van der Waals surface area (Å²) in [5.74, 6) is 0.829. The number of aliphatic hydroxyl groups is 1. The number of hydrogen-bond acceptors (Lipinski definition) is 4. The van der Waals surface area contributed by atoms with Crippen LogP contribution >= 0.6 is 11.8 Å². The lowest BCUT2D eigenvalue weighted by molar-refractivity contribution is 0.196. The van der Waals surface area contributed by atoms with Crippen molar-refractivity contribution >= 4 is 11.8 Å². The second kappa shape index (κ2) is 7.54. The van der Waals surface area contributed by atoms with Crippen LogP contribution in [-0.2, 0) is 5.54 Å². The molecule has 0 radical (unpaired) electrons. The van der Waals surface area contributed by atoms with E-state index in [0.29, 0.717) is 6.42 Å². The van der Waals surface area contributed by atoms with E-state index < -0.39 is 5.54 Å². The monoisotopic (exact) mass is 278 g/mol. The summed E-state index contributed by atoms with van der Waals surface area (Å²) in [6, 6.07) is 12.2. The third-order valence-electron chi connectivity index (χ3n) is 3.42. The van der Waals surface area contributed by atoms with Gasteiger partial charge in [-0.05, 0) is 31.7 Å². The predicted octanol–water partition coefficient (Wildman–Crippen LogP) is 2.52. The van der Waals surface area contributed by atoms with Crippen LogP contribution in [0, 0.1) is 11.3 Å². The van der Waals surface area contributed by atoms with E-state index in [1.807, 2.05) is 44.3 Å². The minimum Gasteiger partial charge on any atom is -0.392 e. The molecule has 3 atom stereocenters. The molecule has 1 aromatic carbocycles. The van der Waals surface area contributed by atoms with Crippen LogP contribution in [0.5, 0.6) is 0 Å². The second-order valence-electron chi connectivity index (χ2n) is 4.70. The van der Waals surface area contributed by atoms with E-state index in [9.17, 15) is 10.4 Å². The number of nitriles is 1. The number of thioether (sulfide) groups is 1. The fourth-order valence-electron chi connectivity index (χ4n) is 1.85. The van der Waals surface area contributed by atoms with Crippen LogP contribution in [-0.4, -0.2) is 29.3 Å². The summed E-state index contributed by atoms with van der Waals surface area (Å²) in [5, 5.41) is 22.3. The van der Waals surface area contributed by atoms with Crippen molar-refractivity contribution in [2.45, 2.75) is 37.2 Å². The third-order valence-corrected chi connectivity index (χ3v) is 4.78. The Kier molecular flexibility index (Phi) is 6.36. The van der Waals surface area contributed by atoms with Crippen LogP contribution in [0.2, 0.25) is 0 Å². The zero-order chi connectivity index (χ0) is 14.3. The summed E-state index contributed by atoms with van der Waals surface area (Å²) in [7, 11) is 1.82. The Morgan fingerprint density at radius 2 is 2.00 bits per heavy atom. The first-order valence-electron chi connectivity index (χ1n) is 6.51. The molecule has 3 nitrogen and oxygen atoms in total. The molecule has 3 unspecified atom stereocenters. The number of nitrogens with zero attached hydrogens (tertiary/aromatic N) is 1. The Hall–Kier alpha value is -1.02. The Morgan fingerprint density at radius 3 is 2.47 bits per heavy atom. The second-order valence-corrected chi connectivity index (χ2v) is 6.18. The van der Waals surface area contributed by atoms with E-state index in [1.54, 1.807) is 18.7 Å². The molecule has 0 aliphatic heterocycles. The molecule has 0 saturated carbocycles. The number of benzene rings is 1. The molecule has 0 fully saturated rings. The number of rotatable bonds is 7. The van der Waals surface area contributed by atoms with E-state index >= 15 is 0 Å². The number of nitrogens with one attached hydrogen (secondary N) is 1. The van der Waals surface area contributed by atoms with Crippen LogP contribution in [0.1, 0.15) is 25.8 Å². The highest BCUT2D eigenvalue weighted by molar-refractivity contribution is 7.99. The van der Waals surface area contributed by atoms with Crippen molar-refractivity contribution in [3.63, 3.8) is 0 Å². The highest BCUT2D eigenvalue weighted by Crippen LogP contribution is 2.27. The summed E-state index contributed by atoms with van der Waals surface area (Å²) >= 11 is 1.70. The maximum Gasteiger partial charge on any atom is 0.132 e. The molecular formula is C15H22N2OS. The van der Waals surface area contributed by atoms with Gasteiger partial charge in [-0.2, -0.15) is 17.0 Å². The van der Waals surface area contributed by atoms with Gasteiger partial charge >= 0.3 is 0 Å². The molecule has 0 spiro atoms. The maximum absolute atomic E-state index is 9.53. The van der Waals surface area contributed by atoms with Gasteiger partial charge in [0.2, 0.25) is 0 Å². The average molecular weight is 278 g/mol. The molecule has 0 aromatic heterocycles. The van der Waals surface area contributed by atoms with Crippen LogP contribution in [0.25, 0.3) is 0 Å². The first kappa shape index (κ1) is 16.0. The Bertz CT molecular complexity index is 416. The molecule has 1 rings (SSSR count). The number of aliphatic hydroxyl groups excluding tert-OH is 1. The molecule has 0 bridgehead atoms. The highest BCUT2D eigenvalue weighted by Gasteiger charge is 2.30. The summed E-state index contributed by atoms with van der Waals surface area (Å²) in [4.78, 5) is 0. The molecule has 0 aliphatic rings. The summed E-state index contributed by atoms with van der Waals surface area (Å²) in [6.07, 6.45) is 0.388. The van der Waals surface area contributed by atoms with E-state index in [4.69, 9.17) is 0 Å². The topological polar surface area (TPSA) is 56.0 Å². The van der Waals surface area contributed by atoms with Crippen LogP contribution in [0.4, 0.5) is 0 Å². The van der Waals surface area contributed by atoms with Gasteiger partial charge in [-0.15, -0.1) is 0 Å². The number of hydrogen-bond donors (Lipinski definition) is 2. The third kappa shape index (κ3) is 4.24. The van der Waals surface area contributed by atoms with Crippen LogP contribution in [0.15, 0.2) is 30.3 Å². The zero-order valence-electron chi connectivity index (χ0n) is 11.8. The summed E-state index contributed by atoms with van der Waals surface area (Å²) < 4.78 is 0. The SMILES string of the molecule is CNC(C#N)(CCSC(C)C(C)O)c1ccccc1. The standard InChI is InChI=1S/C15H22N2OS/c1-12(18)13(2)19-10-9-15(11-16,17-3)14-7-5-4-6-8-14/h4-8,12-13,17-18H,9-10H2,1-3H3. The van der Waals surface area contributed by atoms with Crippen LogP contribution < -0.4 is 5.32 Å². The van der Waals surface area contributed by atoms with Gasteiger partial charge in [-0.1, -0.05) is 37.3 Å². The fourth-order valence-corrected chi connectivity index (χ4v) is 2.92.